The maximum Gasteiger partial charge on any atom is 0.251 e. The fraction of sp³-hybridized carbons (Fsp3) is 0.682. The van der Waals surface area contributed by atoms with Crippen molar-refractivity contribution in [3.8, 4) is 0 Å². The van der Waals surface area contributed by atoms with E-state index in [0.29, 0.717) is 25.2 Å². The van der Waals surface area contributed by atoms with E-state index in [2.05, 4.69) is 17.1 Å². The Labute approximate surface area is 191 Å². The second-order valence-corrected chi connectivity index (χ2v) is 11.0. The fourth-order valence-electron chi connectivity index (χ4n) is 4.31. The highest BCUT2D eigenvalue weighted by Crippen LogP contribution is 2.27. The molecule has 9 heteroatoms. The summed E-state index contributed by atoms with van der Waals surface area (Å²) < 4.78 is 33.6. The topological polar surface area (TPSA) is 79.0 Å². The van der Waals surface area contributed by atoms with E-state index in [1.54, 1.807) is 6.07 Å². The molecule has 0 unspecified atom stereocenters. The molecule has 0 bridgehead atoms. The molecule has 7 nitrogen and oxygen atoms in total. The second-order valence-electron chi connectivity index (χ2n) is 8.73. The summed E-state index contributed by atoms with van der Waals surface area (Å²) in [6.45, 7) is 9.26. The number of sulfonamides is 1. The lowest BCUT2D eigenvalue weighted by atomic mass is 10.1. The van der Waals surface area contributed by atoms with Gasteiger partial charge < -0.3 is 10.1 Å². The molecule has 2 fully saturated rings. The molecule has 2 aliphatic rings. The van der Waals surface area contributed by atoms with Crippen molar-refractivity contribution in [3.05, 3.63) is 28.8 Å². The molecule has 174 valence electrons. The smallest absolute Gasteiger partial charge is 0.251 e. The first kappa shape index (κ1) is 24.5. The van der Waals surface area contributed by atoms with Crippen LogP contribution in [-0.2, 0) is 14.8 Å². The van der Waals surface area contributed by atoms with Crippen LogP contribution in [0.4, 0.5) is 0 Å². The van der Waals surface area contributed by atoms with Crippen molar-refractivity contribution in [2.75, 3.05) is 32.7 Å². The summed E-state index contributed by atoms with van der Waals surface area (Å²) in [5, 5.41) is 3.08. The molecule has 3 rings (SSSR count). The van der Waals surface area contributed by atoms with Crippen molar-refractivity contribution >= 4 is 27.5 Å². The van der Waals surface area contributed by atoms with Crippen LogP contribution in [0.25, 0.3) is 0 Å². The fourth-order valence-corrected chi connectivity index (χ4v) is 6.33. The predicted molar refractivity (Wildman–Crippen MR) is 122 cm³/mol. The Morgan fingerprint density at radius 3 is 2.39 bits per heavy atom. The molecular formula is C22H34ClN3O4S. The van der Waals surface area contributed by atoms with Gasteiger partial charge in [0, 0.05) is 44.3 Å². The van der Waals surface area contributed by atoms with Crippen molar-refractivity contribution in [3.63, 3.8) is 0 Å². The number of halogens is 1. The van der Waals surface area contributed by atoms with Crippen LogP contribution < -0.4 is 5.32 Å². The Balaban J connectivity index is 1.68. The number of nitrogens with zero attached hydrogens (tertiary/aromatic N) is 2. The Kier molecular flexibility index (Phi) is 8.37. The minimum atomic E-state index is -3.73. The second kappa shape index (κ2) is 10.6. The standard InChI is InChI=1S/C22H34ClN3O4S/c1-16(25-14-17(2)30-18(3)15-25)13-24-22(27)19-8-9-20(23)21(12-19)31(28,29)26-10-6-4-5-7-11-26/h8-9,12,16-18H,4-7,10-11,13-15H2,1-3H3,(H,24,27)/t16-,17+,18+/m0/s1. The van der Waals surface area contributed by atoms with Crippen molar-refractivity contribution < 1.29 is 17.9 Å². The summed E-state index contributed by atoms with van der Waals surface area (Å²) in [7, 11) is -3.73. The summed E-state index contributed by atoms with van der Waals surface area (Å²) >= 11 is 6.25. The maximum atomic E-state index is 13.2. The van der Waals surface area contributed by atoms with Gasteiger partial charge in [-0.15, -0.1) is 0 Å². The van der Waals surface area contributed by atoms with Gasteiger partial charge in [0.05, 0.1) is 17.2 Å². The molecule has 2 heterocycles. The number of benzene rings is 1. The predicted octanol–water partition coefficient (Wildman–Crippen LogP) is 3.13. The number of hydrogen-bond donors (Lipinski definition) is 1. The largest absolute Gasteiger partial charge is 0.373 e. The summed E-state index contributed by atoms with van der Waals surface area (Å²) in [6.07, 6.45) is 4.05. The van der Waals surface area contributed by atoms with Gasteiger partial charge in [0.25, 0.3) is 5.91 Å². The lowest BCUT2D eigenvalue weighted by Crippen LogP contribution is -2.52. The lowest BCUT2D eigenvalue weighted by Gasteiger charge is -2.39. The molecule has 0 aromatic heterocycles. The average Bonchev–Trinajstić information content (AvgIpc) is 3.01. The molecule has 1 aromatic rings. The number of rotatable bonds is 6. The zero-order chi connectivity index (χ0) is 22.6. The number of nitrogens with one attached hydrogen (secondary N) is 1. The summed E-state index contributed by atoms with van der Waals surface area (Å²) in [5.41, 5.74) is 0.300. The number of amides is 1. The minimum absolute atomic E-state index is 0.00703. The van der Waals surface area contributed by atoms with Crippen LogP contribution in [-0.4, -0.2) is 74.5 Å². The number of ether oxygens (including phenoxy) is 1. The van der Waals surface area contributed by atoms with Gasteiger partial charge in [-0.3, -0.25) is 9.69 Å². The van der Waals surface area contributed by atoms with E-state index in [0.717, 1.165) is 38.8 Å². The SMILES string of the molecule is C[C@@H]1CN([C@@H](C)CNC(=O)c2ccc(Cl)c(S(=O)(=O)N3CCCCCC3)c2)C[C@@H](C)O1. The molecule has 0 aliphatic carbocycles. The Hall–Kier alpha value is -1.19. The molecule has 1 N–H and O–H groups in total. The van der Waals surface area contributed by atoms with E-state index >= 15 is 0 Å². The van der Waals surface area contributed by atoms with Crippen LogP contribution >= 0.6 is 11.6 Å². The van der Waals surface area contributed by atoms with Gasteiger partial charge in [-0.1, -0.05) is 24.4 Å². The molecule has 0 spiro atoms. The number of hydrogen-bond acceptors (Lipinski definition) is 5. The molecule has 1 aromatic carbocycles. The van der Waals surface area contributed by atoms with Gasteiger partial charge in [0.1, 0.15) is 4.90 Å². The Morgan fingerprint density at radius 1 is 1.16 bits per heavy atom. The lowest BCUT2D eigenvalue weighted by molar-refractivity contribution is -0.0778. The highest BCUT2D eigenvalue weighted by atomic mass is 35.5. The zero-order valence-corrected chi connectivity index (χ0v) is 20.2. The first-order chi connectivity index (χ1) is 14.7. The number of carbonyl (C=O) groups is 1. The van der Waals surface area contributed by atoms with Gasteiger partial charge in [0.2, 0.25) is 10.0 Å². The van der Waals surface area contributed by atoms with E-state index in [9.17, 15) is 13.2 Å². The van der Waals surface area contributed by atoms with Gasteiger partial charge >= 0.3 is 0 Å². The molecular weight excluding hydrogens is 438 g/mol. The van der Waals surface area contributed by atoms with E-state index in [4.69, 9.17) is 16.3 Å². The van der Waals surface area contributed by atoms with Crippen LogP contribution in [0.5, 0.6) is 0 Å². The van der Waals surface area contributed by atoms with Crippen LogP contribution in [0, 0.1) is 0 Å². The van der Waals surface area contributed by atoms with E-state index in [1.165, 1.54) is 16.4 Å². The van der Waals surface area contributed by atoms with Crippen molar-refractivity contribution in [1.82, 2.24) is 14.5 Å². The molecule has 3 atom stereocenters. The quantitative estimate of drug-likeness (QED) is 0.689. The highest BCUT2D eigenvalue weighted by Gasteiger charge is 2.29. The van der Waals surface area contributed by atoms with Gasteiger partial charge in [-0.25, -0.2) is 8.42 Å². The van der Waals surface area contributed by atoms with E-state index < -0.39 is 10.0 Å². The summed E-state index contributed by atoms with van der Waals surface area (Å²) in [4.78, 5) is 15.1. The minimum Gasteiger partial charge on any atom is -0.373 e. The van der Waals surface area contributed by atoms with Crippen LogP contribution in [0.15, 0.2) is 23.1 Å². The normalized spacial score (nSPS) is 25.0. The molecule has 1 amide bonds. The molecule has 0 radical (unpaired) electrons. The van der Waals surface area contributed by atoms with Crippen molar-refractivity contribution in [2.45, 2.75) is 69.6 Å². The van der Waals surface area contributed by atoms with Gasteiger partial charge in [-0.2, -0.15) is 4.31 Å². The third-order valence-corrected chi connectivity index (χ3v) is 8.39. The van der Waals surface area contributed by atoms with E-state index in [1.807, 2.05) is 13.8 Å². The summed E-state index contributed by atoms with van der Waals surface area (Å²) in [5.74, 6) is -0.301. The number of morpholine rings is 1. The van der Waals surface area contributed by atoms with E-state index in [-0.39, 0.29) is 34.1 Å². The number of carbonyl (C=O) groups excluding carboxylic acids is 1. The third kappa shape index (κ3) is 6.20. The molecule has 0 saturated carbocycles. The molecule has 31 heavy (non-hydrogen) atoms. The maximum absolute atomic E-state index is 13.2. The first-order valence-corrected chi connectivity index (χ1v) is 13.0. The van der Waals surface area contributed by atoms with Crippen molar-refractivity contribution in [1.29, 1.82) is 0 Å². The average molecular weight is 472 g/mol. The Morgan fingerprint density at radius 2 is 1.77 bits per heavy atom. The van der Waals surface area contributed by atoms with Crippen molar-refractivity contribution in [2.24, 2.45) is 0 Å². The van der Waals surface area contributed by atoms with Crippen LogP contribution in [0.1, 0.15) is 56.8 Å². The summed E-state index contributed by atoms with van der Waals surface area (Å²) in [6, 6.07) is 4.62. The van der Waals surface area contributed by atoms with Crippen LogP contribution in [0.3, 0.4) is 0 Å². The Bertz CT molecular complexity index is 862. The first-order valence-electron chi connectivity index (χ1n) is 11.2. The highest BCUT2D eigenvalue weighted by molar-refractivity contribution is 7.89. The van der Waals surface area contributed by atoms with Crippen LogP contribution in [0.2, 0.25) is 5.02 Å². The van der Waals surface area contributed by atoms with Gasteiger partial charge in [-0.05, 0) is 51.8 Å². The van der Waals surface area contributed by atoms with Gasteiger partial charge in [0.15, 0.2) is 0 Å². The third-order valence-electron chi connectivity index (χ3n) is 6.01. The zero-order valence-electron chi connectivity index (χ0n) is 18.6. The molecule has 2 aliphatic heterocycles. The molecule has 2 saturated heterocycles. The monoisotopic (exact) mass is 471 g/mol.